The molecule has 0 bridgehead atoms. The molecule has 27 heavy (non-hydrogen) atoms. The van der Waals surface area contributed by atoms with Crippen LogP contribution in [-0.2, 0) is 9.67 Å². The lowest BCUT2D eigenvalue weighted by Gasteiger charge is -2.44. The van der Waals surface area contributed by atoms with E-state index in [1.807, 2.05) is 24.3 Å². The van der Waals surface area contributed by atoms with Crippen LogP contribution in [0.15, 0.2) is 47.6 Å². The van der Waals surface area contributed by atoms with Gasteiger partial charge in [-0.3, -0.25) is 4.79 Å². The maximum atomic E-state index is 14.4. The smallest absolute Gasteiger partial charge is 0.241 e. The van der Waals surface area contributed by atoms with E-state index >= 15 is 0 Å². The van der Waals surface area contributed by atoms with Gasteiger partial charge in [0.05, 0.1) is 6.61 Å². The molecule has 2 heterocycles. The van der Waals surface area contributed by atoms with Gasteiger partial charge in [0.2, 0.25) is 5.91 Å². The van der Waals surface area contributed by atoms with Crippen LogP contribution in [0.3, 0.4) is 0 Å². The number of fused-ring (bicyclic) bond motifs is 2. The summed E-state index contributed by atoms with van der Waals surface area (Å²) < 4.78 is 33.9. The third kappa shape index (κ3) is 2.71. The number of carbonyl (C=O) groups is 1. The molecule has 4 rings (SSSR count). The molecule has 5 nitrogen and oxygen atoms in total. The van der Waals surface area contributed by atoms with Gasteiger partial charge >= 0.3 is 0 Å². The van der Waals surface area contributed by atoms with Crippen LogP contribution in [0.4, 0.5) is 8.78 Å². The molecule has 140 valence electrons. The van der Waals surface area contributed by atoms with Crippen molar-refractivity contribution in [2.24, 2.45) is 16.8 Å². The number of amides is 1. The number of hydrogen-bond donors (Lipinski definition) is 1. The van der Waals surface area contributed by atoms with Gasteiger partial charge in [-0.1, -0.05) is 30.0 Å². The van der Waals surface area contributed by atoms with Crippen molar-refractivity contribution in [3.63, 3.8) is 0 Å². The first kappa shape index (κ1) is 17.9. The second kappa shape index (κ2) is 6.61. The summed E-state index contributed by atoms with van der Waals surface area (Å²) in [7, 11) is 0. The lowest BCUT2D eigenvalue weighted by Crippen LogP contribution is -2.52. The van der Waals surface area contributed by atoms with Crippen molar-refractivity contribution in [2.75, 3.05) is 13.2 Å². The maximum Gasteiger partial charge on any atom is 0.241 e. The molecule has 2 aromatic rings. The van der Waals surface area contributed by atoms with Crippen molar-refractivity contribution in [1.29, 1.82) is 0 Å². The standard InChI is InChI=1S/C19H17F2N3O2S/c1-11(25)24-19(12(9-22)10-26-17-5-3-2-4-15(17)19)27-18(23-24)14-8-13(20)6-7-16(14)21/h2-8,12H,9-10,22H2,1H3/t12-,19+/m0/s1. The second-order valence-corrected chi connectivity index (χ2v) is 7.61. The Bertz CT molecular complexity index is 952. The van der Waals surface area contributed by atoms with Gasteiger partial charge in [0.15, 0.2) is 4.87 Å². The van der Waals surface area contributed by atoms with E-state index in [-0.39, 0.29) is 29.0 Å². The number of nitrogens with two attached hydrogens (primary N) is 1. The fourth-order valence-electron chi connectivity index (χ4n) is 3.52. The van der Waals surface area contributed by atoms with Crippen LogP contribution in [0.1, 0.15) is 18.1 Å². The van der Waals surface area contributed by atoms with Crippen LogP contribution in [0.25, 0.3) is 0 Å². The maximum absolute atomic E-state index is 14.4. The molecule has 2 N–H and O–H groups in total. The van der Waals surface area contributed by atoms with Gasteiger partial charge in [0.25, 0.3) is 0 Å². The number of halogens is 2. The summed E-state index contributed by atoms with van der Waals surface area (Å²) in [5.41, 5.74) is 6.75. The first-order valence-corrected chi connectivity index (χ1v) is 9.25. The quantitative estimate of drug-likeness (QED) is 0.857. The van der Waals surface area contributed by atoms with Gasteiger partial charge in [0, 0.05) is 30.5 Å². The van der Waals surface area contributed by atoms with Crippen LogP contribution in [0.2, 0.25) is 0 Å². The van der Waals surface area contributed by atoms with Gasteiger partial charge in [-0.05, 0) is 24.3 Å². The lowest BCUT2D eigenvalue weighted by atomic mass is 9.89. The van der Waals surface area contributed by atoms with Crippen molar-refractivity contribution < 1.29 is 18.3 Å². The highest BCUT2D eigenvalue weighted by Gasteiger charge is 2.56. The normalized spacial score (nSPS) is 23.8. The Balaban J connectivity index is 1.90. The molecule has 0 radical (unpaired) electrons. The fraction of sp³-hybridized carbons (Fsp3) is 0.263. The SMILES string of the molecule is CC(=O)N1N=C(c2cc(F)ccc2F)S[C@]12c1ccccc1OC[C@@H]2CN. The van der Waals surface area contributed by atoms with Crippen LogP contribution in [-0.4, -0.2) is 29.1 Å². The minimum absolute atomic E-state index is 0.0165. The number of ether oxygens (including phenoxy) is 1. The molecule has 2 atom stereocenters. The third-order valence-corrected chi connectivity index (χ3v) is 6.30. The minimum atomic E-state index is -0.969. The Morgan fingerprint density at radius 1 is 1.37 bits per heavy atom. The predicted octanol–water partition coefficient (Wildman–Crippen LogP) is 3.04. The molecule has 0 unspecified atom stereocenters. The van der Waals surface area contributed by atoms with Crippen LogP contribution < -0.4 is 10.5 Å². The molecular formula is C19H17F2N3O2S. The first-order valence-electron chi connectivity index (χ1n) is 8.43. The van der Waals surface area contributed by atoms with Crippen molar-refractivity contribution in [3.05, 3.63) is 65.2 Å². The largest absolute Gasteiger partial charge is 0.493 e. The number of thioether (sulfide) groups is 1. The van der Waals surface area contributed by atoms with E-state index in [0.29, 0.717) is 12.4 Å². The molecule has 0 saturated carbocycles. The minimum Gasteiger partial charge on any atom is -0.493 e. The van der Waals surface area contributed by atoms with E-state index in [2.05, 4.69) is 5.10 Å². The first-order chi connectivity index (χ1) is 13.0. The van der Waals surface area contributed by atoms with Crippen molar-refractivity contribution in [1.82, 2.24) is 5.01 Å². The number of benzene rings is 2. The molecule has 1 amide bonds. The summed E-state index contributed by atoms with van der Waals surface area (Å²) in [5.74, 6) is -1.15. The highest BCUT2D eigenvalue weighted by molar-refractivity contribution is 8.15. The molecule has 1 spiro atoms. The van der Waals surface area contributed by atoms with E-state index < -0.39 is 16.5 Å². The number of rotatable bonds is 2. The van der Waals surface area contributed by atoms with E-state index in [1.54, 1.807) is 0 Å². The zero-order valence-electron chi connectivity index (χ0n) is 14.5. The average Bonchev–Trinajstić information content (AvgIpc) is 3.05. The summed E-state index contributed by atoms with van der Waals surface area (Å²) in [6, 6.07) is 10.5. The highest BCUT2D eigenvalue weighted by Crippen LogP contribution is 2.56. The topological polar surface area (TPSA) is 67.9 Å². The summed E-state index contributed by atoms with van der Waals surface area (Å²) in [6.07, 6.45) is 0. The predicted molar refractivity (Wildman–Crippen MR) is 99.2 cm³/mol. The summed E-state index contributed by atoms with van der Waals surface area (Å²) in [6.45, 7) is 1.92. The number of carbonyl (C=O) groups excluding carboxylic acids is 1. The summed E-state index contributed by atoms with van der Waals surface area (Å²) in [5, 5.41) is 5.94. The number of para-hydroxylation sites is 1. The third-order valence-electron chi connectivity index (χ3n) is 4.77. The Kier molecular flexibility index (Phi) is 4.39. The van der Waals surface area contributed by atoms with Gasteiger partial charge in [-0.15, -0.1) is 0 Å². The average molecular weight is 389 g/mol. The van der Waals surface area contributed by atoms with Crippen LogP contribution in [0, 0.1) is 17.6 Å². The van der Waals surface area contributed by atoms with Gasteiger partial charge in [-0.25, -0.2) is 13.8 Å². The molecule has 0 fully saturated rings. The van der Waals surface area contributed by atoms with Crippen LogP contribution in [0.5, 0.6) is 5.75 Å². The molecule has 0 aliphatic carbocycles. The highest BCUT2D eigenvalue weighted by atomic mass is 32.2. The van der Waals surface area contributed by atoms with Gasteiger partial charge in [-0.2, -0.15) is 5.10 Å². The Hall–Kier alpha value is -2.45. The van der Waals surface area contributed by atoms with Gasteiger partial charge in [0.1, 0.15) is 22.4 Å². The zero-order valence-corrected chi connectivity index (χ0v) is 15.3. The summed E-state index contributed by atoms with van der Waals surface area (Å²) in [4.78, 5) is 11.5. The fourth-order valence-corrected chi connectivity index (χ4v) is 5.06. The van der Waals surface area contributed by atoms with Crippen molar-refractivity contribution >= 4 is 22.7 Å². The number of nitrogens with zero attached hydrogens (tertiary/aromatic N) is 2. The van der Waals surface area contributed by atoms with Crippen LogP contribution >= 0.6 is 11.8 Å². The van der Waals surface area contributed by atoms with Crippen molar-refractivity contribution in [3.8, 4) is 5.75 Å². The van der Waals surface area contributed by atoms with Crippen molar-refractivity contribution in [2.45, 2.75) is 11.8 Å². The molecular weight excluding hydrogens is 372 g/mol. The Morgan fingerprint density at radius 2 is 2.15 bits per heavy atom. The lowest BCUT2D eigenvalue weighted by molar-refractivity contribution is -0.134. The molecule has 8 heteroatoms. The zero-order chi connectivity index (χ0) is 19.2. The molecule has 2 aliphatic heterocycles. The van der Waals surface area contributed by atoms with Gasteiger partial charge < -0.3 is 10.5 Å². The van der Waals surface area contributed by atoms with E-state index in [4.69, 9.17) is 10.5 Å². The summed E-state index contributed by atoms with van der Waals surface area (Å²) >= 11 is 1.21. The molecule has 2 aromatic carbocycles. The second-order valence-electron chi connectivity index (χ2n) is 6.40. The monoisotopic (exact) mass is 389 g/mol. The molecule has 2 aliphatic rings. The molecule has 0 aromatic heterocycles. The Labute approximate surface area is 159 Å². The van der Waals surface area contributed by atoms with E-state index in [0.717, 1.165) is 23.8 Å². The Morgan fingerprint density at radius 3 is 2.89 bits per heavy atom. The van der Waals surface area contributed by atoms with E-state index in [1.165, 1.54) is 23.7 Å². The number of hydrazone groups is 1. The number of hydrogen-bond acceptors (Lipinski definition) is 5. The van der Waals surface area contributed by atoms with E-state index in [9.17, 15) is 13.6 Å². The molecule has 0 saturated heterocycles.